The molecule has 2 atom stereocenters. The fraction of sp³-hybridized carbons (Fsp3) is 0.467. The molecule has 2 amide bonds. The predicted molar refractivity (Wildman–Crippen MR) is 74.7 cm³/mol. The van der Waals surface area contributed by atoms with E-state index in [0.29, 0.717) is 17.5 Å². The zero-order valence-corrected chi connectivity index (χ0v) is 11.8. The molecular formula is C15H18N2O3. The third kappa shape index (κ3) is 1.66. The summed E-state index contributed by atoms with van der Waals surface area (Å²) in [5.74, 6) is -0.516. The van der Waals surface area contributed by atoms with E-state index in [9.17, 15) is 14.7 Å². The number of nitrogens with one attached hydrogen (secondary N) is 1. The maximum absolute atomic E-state index is 11.9. The van der Waals surface area contributed by atoms with E-state index >= 15 is 0 Å². The summed E-state index contributed by atoms with van der Waals surface area (Å²) in [5.41, 5.74) is 1.52. The van der Waals surface area contributed by atoms with Gasteiger partial charge in [0.2, 0.25) is 0 Å². The van der Waals surface area contributed by atoms with Crippen LogP contribution in [0.25, 0.3) is 0 Å². The molecule has 0 spiro atoms. The summed E-state index contributed by atoms with van der Waals surface area (Å²) in [6.07, 6.45) is 0.389. The van der Waals surface area contributed by atoms with Crippen LogP contribution in [0.5, 0.6) is 0 Å². The normalized spacial score (nSPS) is 27.3. The van der Waals surface area contributed by atoms with Crippen molar-refractivity contribution >= 4 is 17.5 Å². The van der Waals surface area contributed by atoms with Gasteiger partial charge in [0.05, 0.1) is 17.2 Å². The van der Waals surface area contributed by atoms with E-state index in [2.05, 4.69) is 5.32 Å². The smallest absolute Gasteiger partial charge is 0.261 e. The Balaban J connectivity index is 1.85. The molecule has 5 heteroatoms. The van der Waals surface area contributed by atoms with Crippen LogP contribution in [0.2, 0.25) is 0 Å². The summed E-state index contributed by atoms with van der Waals surface area (Å²) in [7, 11) is 1.49. The molecule has 20 heavy (non-hydrogen) atoms. The van der Waals surface area contributed by atoms with Crippen LogP contribution in [-0.2, 0) is 0 Å². The van der Waals surface area contributed by atoms with Crippen molar-refractivity contribution < 1.29 is 14.7 Å². The lowest BCUT2D eigenvalue weighted by Gasteiger charge is -2.49. The van der Waals surface area contributed by atoms with Gasteiger partial charge >= 0.3 is 0 Å². The monoisotopic (exact) mass is 274 g/mol. The van der Waals surface area contributed by atoms with E-state index in [-0.39, 0.29) is 29.4 Å². The van der Waals surface area contributed by atoms with Gasteiger partial charge in [0.25, 0.3) is 11.8 Å². The molecule has 2 unspecified atom stereocenters. The first kappa shape index (κ1) is 13.1. The number of hydrogen-bond donors (Lipinski definition) is 2. The summed E-state index contributed by atoms with van der Waals surface area (Å²) >= 11 is 0. The highest BCUT2D eigenvalue weighted by Crippen LogP contribution is 2.42. The average Bonchev–Trinajstić information content (AvgIpc) is 2.63. The van der Waals surface area contributed by atoms with Crippen molar-refractivity contribution in [1.29, 1.82) is 0 Å². The second-order valence-corrected chi connectivity index (χ2v) is 6.20. The van der Waals surface area contributed by atoms with Crippen LogP contribution in [0.15, 0.2) is 18.2 Å². The maximum Gasteiger partial charge on any atom is 0.261 e. The van der Waals surface area contributed by atoms with Crippen LogP contribution in [0.1, 0.15) is 41.0 Å². The minimum absolute atomic E-state index is 0.167. The highest BCUT2D eigenvalue weighted by atomic mass is 16.3. The molecule has 1 fully saturated rings. The van der Waals surface area contributed by atoms with Crippen molar-refractivity contribution in [3.63, 3.8) is 0 Å². The fourth-order valence-corrected chi connectivity index (χ4v) is 2.80. The number of nitrogens with zero attached hydrogens (tertiary/aromatic N) is 1. The van der Waals surface area contributed by atoms with Crippen LogP contribution in [0, 0.1) is 5.41 Å². The zero-order chi connectivity index (χ0) is 14.7. The van der Waals surface area contributed by atoms with Gasteiger partial charge in [-0.15, -0.1) is 0 Å². The Morgan fingerprint density at radius 2 is 1.90 bits per heavy atom. The highest BCUT2D eigenvalue weighted by molar-refractivity contribution is 6.21. The molecule has 1 aliphatic carbocycles. The first-order chi connectivity index (χ1) is 9.32. The second-order valence-electron chi connectivity index (χ2n) is 6.20. The molecule has 106 valence electrons. The molecule has 3 rings (SSSR count). The molecule has 0 bridgehead atoms. The summed E-state index contributed by atoms with van der Waals surface area (Å²) in [4.78, 5) is 24.9. The Labute approximate surface area is 117 Å². The fourth-order valence-electron chi connectivity index (χ4n) is 2.80. The number of hydrogen-bond acceptors (Lipinski definition) is 4. The second kappa shape index (κ2) is 4.06. The van der Waals surface area contributed by atoms with Crippen molar-refractivity contribution in [2.24, 2.45) is 5.41 Å². The molecule has 0 radical (unpaired) electrons. The number of carbonyl (C=O) groups is 2. The lowest BCUT2D eigenvalue weighted by atomic mass is 9.64. The topological polar surface area (TPSA) is 69.6 Å². The van der Waals surface area contributed by atoms with Gasteiger partial charge in [-0.1, -0.05) is 13.8 Å². The Morgan fingerprint density at radius 1 is 1.25 bits per heavy atom. The van der Waals surface area contributed by atoms with E-state index < -0.39 is 0 Å². The third-order valence-electron chi connectivity index (χ3n) is 4.65. The predicted octanol–water partition coefficient (Wildman–Crippen LogP) is 1.48. The number of fused-ring (bicyclic) bond motifs is 1. The first-order valence-electron chi connectivity index (χ1n) is 6.73. The summed E-state index contributed by atoms with van der Waals surface area (Å²) in [6, 6.07) is 5.38. The number of carbonyl (C=O) groups excluding carboxylic acids is 2. The Morgan fingerprint density at radius 3 is 2.50 bits per heavy atom. The van der Waals surface area contributed by atoms with Gasteiger partial charge in [0.1, 0.15) is 0 Å². The van der Waals surface area contributed by atoms with Crippen LogP contribution < -0.4 is 5.32 Å². The molecule has 1 saturated carbocycles. The Kier molecular flexibility index (Phi) is 2.66. The number of aliphatic hydroxyl groups is 1. The van der Waals surface area contributed by atoms with Gasteiger partial charge in [-0.2, -0.15) is 0 Å². The molecule has 1 aromatic rings. The molecule has 1 aliphatic heterocycles. The van der Waals surface area contributed by atoms with Crippen molar-refractivity contribution in [1.82, 2.24) is 4.90 Å². The standard InChI is InChI=1S/C15H18N2O3/c1-15(2)11(7-12(15)18)16-8-4-5-9-10(6-8)14(20)17(3)13(9)19/h4-6,11-12,16,18H,7H2,1-3H3. The molecule has 0 aromatic heterocycles. The zero-order valence-electron chi connectivity index (χ0n) is 11.8. The minimum atomic E-state index is -0.302. The van der Waals surface area contributed by atoms with Crippen LogP contribution in [0.3, 0.4) is 0 Å². The SMILES string of the molecule is CN1C(=O)c2ccc(NC3CC(O)C3(C)C)cc2C1=O. The van der Waals surface area contributed by atoms with Crippen LogP contribution in [-0.4, -0.2) is 41.0 Å². The number of anilines is 1. The summed E-state index contributed by atoms with van der Waals surface area (Å²) < 4.78 is 0. The number of aliphatic hydroxyl groups excluding tert-OH is 1. The highest BCUT2D eigenvalue weighted by Gasteiger charge is 2.47. The molecule has 0 saturated heterocycles. The number of imide groups is 1. The summed E-state index contributed by atoms with van der Waals surface area (Å²) in [5, 5.41) is 13.1. The van der Waals surface area contributed by atoms with E-state index in [1.54, 1.807) is 12.1 Å². The number of amides is 2. The van der Waals surface area contributed by atoms with Gasteiger partial charge in [0.15, 0.2) is 0 Å². The van der Waals surface area contributed by atoms with Crippen molar-refractivity contribution in [2.75, 3.05) is 12.4 Å². The van der Waals surface area contributed by atoms with E-state index in [4.69, 9.17) is 0 Å². The number of rotatable bonds is 2. The van der Waals surface area contributed by atoms with E-state index in [1.807, 2.05) is 19.9 Å². The lowest BCUT2D eigenvalue weighted by molar-refractivity contribution is -0.0510. The number of benzene rings is 1. The van der Waals surface area contributed by atoms with Gasteiger partial charge in [0, 0.05) is 24.2 Å². The van der Waals surface area contributed by atoms with E-state index in [1.165, 1.54) is 7.05 Å². The Hall–Kier alpha value is -1.88. The summed E-state index contributed by atoms with van der Waals surface area (Å²) in [6.45, 7) is 4.02. The van der Waals surface area contributed by atoms with Gasteiger partial charge in [-0.25, -0.2) is 0 Å². The maximum atomic E-state index is 11.9. The molecule has 2 N–H and O–H groups in total. The molecular weight excluding hydrogens is 256 g/mol. The van der Waals surface area contributed by atoms with Gasteiger partial charge in [-0.05, 0) is 24.6 Å². The minimum Gasteiger partial charge on any atom is -0.392 e. The third-order valence-corrected chi connectivity index (χ3v) is 4.65. The van der Waals surface area contributed by atoms with Crippen LogP contribution in [0.4, 0.5) is 5.69 Å². The largest absolute Gasteiger partial charge is 0.392 e. The average molecular weight is 274 g/mol. The van der Waals surface area contributed by atoms with E-state index in [0.717, 1.165) is 10.6 Å². The Bertz CT molecular complexity index is 609. The van der Waals surface area contributed by atoms with Crippen molar-refractivity contribution in [3.05, 3.63) is 29.3 Å². The quantitative estimate of drug-likeness (QED) is 0.802. The van der Waals surface area contributed by atoms with Gasteiger partial charge in [-0.3, -0.25) is 14.5 Å². The molecule has 5 nitrogen and oxygen atoms in total. The molecule has 2 aliphatic rings. The first-order valence-corrected chi connectivity index (χ1v) is 6.73. The van der Waals surface area contributed by atoms with Crippen molar-refractivity contribution in [2.45, 2.75) is 32.4 Å². The lowest BCUT2D eigenvalue weighted by Crippen LogP contribution is -2.56. The molecule has 1 aromatic carbocycles. The molecule has 1 heterocycles. The van der Waals surface area contributed by atoms with Crippen LogP contribution >= 0.6 is 0 Å². The van der Waals surface area contributed by atoms with Gasteiger partial charge < -0.3 is 10.4 Å². The van der Waals surface area contributed by atoms with Crippen molar-refractivity contribution in [3.8, 4) is 0 Å².